The summed E-state index contributed by atoms with van der Waals surface area (Å²) in [6.45, 7) is 11.3. The van der Waals surface area contributed by atoms with Crippen molar-refractivity contribution in [3.63, 3.8) is 0 Å². The molecule has 4 nitrogen and oxygen atoms in total. The summed E-state index contributed by atoms with van der Waals surface area (Å²) >= 11 is 0. The Kier molecular flexibility index (Phi) is 8.17. The average Bonchev–Trinajstić information content (AvgIpc) is 2.19. The number of hydrogen-bond acceptors (Lipinski definition) is 3. The first-order valence-electron chi connectivity index (χ1n) is 6.42. The number of nitrogens with zero attached hydrogens (tertiary/aromatic N) is 1. The van der Waals surface area contributed by atoms with Gasteiger partial charge in [-0.2, -0.15) is 0 Å². The molecule has 0 amide bonds. The van der Waals surface area contributed by atoms with Crippen LogP contribution in [0.4, 0.5) is 0 Å². The van der Waals surface area contributed by atoms with E-state index in [1.54, 1.807) is 0 Å². The topological polar surface area (TPSA) is 49.8 Å². The lowest BCUT2D eigenvalue weighted by atomic mass is 10.1. The van der Waals surface area contributed by atoms with Crippen molar-refractivity contribution < 1.29 is 14.6 Å². The summed E-state index contributed by atoms with van der Waals surface area (Å²) in [5, 5.41) is 8.71. The molecule has 0 bridgehead atoms. The average molecular weight is 245 g/mol. The second-order valence-corrected chi connectivity index (χ2v) is 5.27. The lowest BCUT2D eigenvalue weighted by Crippen LogP contribution is -2.44. The molecule has 0 aromatic rings. The zero-order valence-corrected chi connectivity index (χ0v) is 11.7. The minimum Gasteiger partial charge on any atom is -0.481 e. The smallest absolute Gasteiger partial charge is 0.304 e. The van der Waals surface area contributed by atoms with Crippen LogP contribution in [0.5, 0.6) is 0 Å². The summed E-state index contributed by atoms with van der Waals surface area (Å²) < 4.78 is 5.52. The largest absolute Gasteiger partial charge is 0.481 e. The predicted molar refractivity (Wildman–Crippen MR) is 69.3 cm³/mol. The van der Waals surface area contributed by atoms with E-state index < -0.39 is 5.97 Å². The van der Waals surface area contributed by atoms with Gasteiger partial charge in [-0.1, -0.05) is 13.3 Å². The number of carboxylic acids is 1. The molecule has 0 heterocycles. The Morgan fingerprint density at radius 1 is 1.24 bits per heavy atom. The quantitative estimate of drug-likeness (QED) is 0.634. The fraction of sp³-hybridized carbons (Fsp3) is 0.923. The van der Waals surface area contributed by atoms with Gasteiger partial charge in [0.2, 0.25) is 0 Å². The molecule has 1 N–H and O–H groups in total. The van der Waals surface area contributed by atoms with Gasteiger partial charge in [0.15, 0.2) is 0 Å². The van der Waals surface area contributed by atoms with Gasteiger partial charge in [-0.3, -0.25) is 9.69 Å². The van der Waals surface area contributed by atoms with Crippen LogP contribution in [0.15, 0.2) is 0 Å². The van der Waals surface area contributed by atoms with Crippen molar-refractivity contribution >= 4 is 5.97 Å². The molecule has 0 radical (unpaired) electrons. The van der Waals surface area contributed by atoms with Crippen LogP contribution in [-0.4, -0.2) is 47.8 Å². The maximum absolute atomic E-state index is 10.6. The van der Waals surface area contributed by atoms with Gasteiger partial charge >= 0.3 is 5.97 Å². The third kappa shape index (κ3) is 9.12. The van der Waals surface area contributed by atoms with E-state index >= 15 is 0 Å². The molecule has 0 aliphatic heterocycles. The minimum absolute atomic E-state index is 0.0104. The SMILES string of the molecule is CCCCOCCN(CCC(=O)O)C(C)(C)C. The van der Waals surface area contributed by atoms with E-state index in [-0.39, 0.29) is 12.0 Å². The Bertz CT molecular complexity index is 211. The second-order valence-electron chi connectivity index (χ2n) is 5.27. The minimum atomic E-state index is -0.744. The molecule has 0 saturated heterocycles. The number of hydrogen-bond donors (Lipinski definition) is 1. The first-order valence-corrected chi connectivity index (χ1v) is 6.42. The zero-order chi connectivity index (χ0) is 13.3. The number of unbranched alkanes of at least 4 members (excludes halogenated alkanes) is 1. The van der Waals surface area contributed by atoms with Crippen molar-refractivity contribution in [2.45, 2.75) is 52.5 Å². The molecule has 0 aliphatic carbocycles. The van der Waals surface area contributed by atoms with Gasteiger partial charge in [0.1, 0.15) is 0 Å². The van der Waals surface area contributed by atoms with Gasteiger partial charge in [0.05, 0.1) is 13.0 Å². The van der Waals surface area contributed by atoms with Crippen LogP contribution >= 0.6 is 0 Å². The van der Waals surface area contributed by atoms with E-state index in [1.807, 2.05) is 0 Å². The van der Waals surface area contributed by atoms with Gasteiger partial charge in [-0.05, 0) is 27.2 Å². The summed E-state index contributed by atoms with van der Waals surface area (Å²) in [5.74, 6) is -0.744. The summed E-state index contributed by atoms with van der Waals surface area (Å²) in [6, 6.07) is 0. The second kappa shape index (κ2) is 8.48. The third-order valence-electron chi connectivity index (χ3n) is 2.69. The van der Waals surface area contributed by atoms with Crippen molar-refractivity contribution in [3.8, 4) is 0 Å². The van der Waals surface area contributed by atoms with Crippen LogP contribution in [-0.2, 0) is 9.53 Å². The van der Waals surface area contributed by atoms with Gasteiger partial charge < -0.3 is 9.84 Å². The molecule has 0 aromatic carbocycles. The highest BCUT2D eigenvalue weighted by molar-refractivity contribution is 5.66. The fourth-order valence-corrected chi connectivity index (χ4v) is 1.54. The number of carbonyl (C=O) groups is 1. The van der Waals surface area contributed by atoms with Crippen LogP contribution in [0.1, 0.15) is 47.0 Å². The van der Waals surface area contributed by atoms with E-state index in [0.717, 1.165) is 26.0 Å². The Balaban J connectivity index is 3.91. The number of aliphatic carboxylic acids is 1. The third-order valence-corrected chi connectivity index (χ3v) is 2.69. The molecule has 0 unspecified atom stereocenters. The molecule has 0 saturated carbocycles. The molecule has 0 spiro atoms. The van der Waals surface area contributed by atoms with E-state index in [1.165, 1.54) is 0 Å². The molecule has 17 heavy (non-hydrogen) atoms. The van der Waals surface area contributed by atoms with E-state index in [4.69, 9.17) is 9.84 Å². The number of carboxylic acid groups (broad SMARTS) is 1. The standard InChI is InChI=1S/C13H27NO3/c1-5-6-10-17-11-9-14(13(2,3)4)8-7-12(15)16/h5-11H2,1-4H3,(H,15,16). The number of rotatable bonds is 9. The van der Waals surface area contributed by atoms with Crippen LogP contribution in [0, 0.1) is 0 Å². The van der Waals surface area contributed by atoms with Gasteiger partial charge in [0.25, 0.3) is 0 Å². The highest BCUT2D eigenvalue weighted by Gasteiger charge is 2.21. The lowest BCUT2D eigenvalue weighted by Gasteiger charge is -2.35. The van der Waals surface area contributed by atoms with E-state index in [2.05, 4.69) is 32.6 Å². The molecule has 0 aliphatic rings. The summed E-state index contributed by atoms with van der Waals surface area (Å²) in [6.07, 6.45) is 2.42. The summed E-state index contributed by atoms with van der Waals surface area (Å²) in [5.41, 5.74) is -0.0104. The molecule has 0 aromatic heterocycles. The maximum atomic E-state index is 10.6. The van der Waals surface area contributed by atoms with Crippen molar-refractivity contribution in [1.29, 1.82) is 0 Å². The highest BCUT2D eigenvalue weighted by Crippen LogP contribution is 2.13. The fourth-order valence-electron chi connectivity index (χ4n) is 1.54. The Labute approximate surface area is 105 Å². The maximum Gasteiger partial charge on any atom is 0.304 e. The van der Waals surface area contributed by atoms with E-state index in [0.29, 0.717) is 13.2 Å². The molecule has 0 fully saturated rings. The Morgan fingerprint density at radius 3 is 2.35 bits per heavy atom. The summed E-state index contributed by atoms with van der Waals surface area (Å²) in [4.78, 5) is 12.7. The van der Waals surface area contributed by atoms with Gasteiger partial charge in [-0.15, -0.1) is 0 Å². The summed E-state index contributed by atoms with van der Waals surface area (Å²) in [7, 11) is 0. The molecule has 4 heteroatoms. The van der Waals surface area contributed by atoms with Gasteiger partial charge in [0, 0.05) is 25.2 Å². The zero-order valence-electron chi connectivity index (χ0n) is 11.7. The van der Waals surface area contributed by atoms with Crippen LogP contribution in [0.2, 0.25) is 0 Å². The van der Waals surface area contributed by atoms with Gasteiger partial charge in [-0.25, -0.2) is 0 Å². The van der Waals surface area contributed by atoms with Crippen molar-refractivity contribution in [1.82, 2.24) is 4.90 Å². The monoisotopic (exact) mass is 245 g/mol. The molecular formula is C13H27NO3. The normalized spacial score (nSPS) is 12.1. The van der Waals surface area contributed by atoms with E-state index in [9.17, 15) is 4.79 Å². The number of ether oxygens (including phenoxy) is 1. The van der Waals surface area contributed by atoms with Crippen LogP contribution in [0.3, 0.4) is 0 Å². The highest BCUT2D eigenvalue weighted by atomic mass is 16.5. The van der Waals surface area contributed by atoms with Crippen molar-refractivity contribution in [3.05, 3.63) is 0 Å². The molecule has 0 rings (SSSR count). The first-order chi connectivity index (χ1) is 7.88. The predicted octanol–water partition coefficient (Wildman–Crippen LogP) is 2.38. The molecule has 102 valence electrons. The molecule has 0 atom stereocenters. The Hall–Kier alpha value is -0.610. The van der Waals surface area contributed by atoms with Crippen LogP contribution in [0.25, 0.3) is 0 Å². The van der Waals surface area contributed by atoms with Crippen molar-refractivity contribution in [2.75, 3.05) is 26.3 Å². The van der Waals surface area contributed by atoms with Crippen LogP contribution < -0.4 is 0 Å². The van der Waals surface area contributed by atoms with Crippen molar-refractivity contribution in [2.24, 2.45) is 0 Å². The molecular weight excluding hydrogens is 218 g/mol. The lowest BCUT2D eigenvalue weighted by molar-refractivity contribution is -0.137. The first kappa shape index (κ1) is 16.4. The Morgan fingerprint density at radius 2 is 1.88 bits per heavy atom.